The average molecular weight is 283 g/mol. The van der Waals surface area contributed by atoms with Crippen LogP contribution in [0.4, 0.5) is 5.69 Å². The lowest BCUT2D eigenvalue weighted by Crippen LogP contribution is -2.24. The lowest BCUT2D eigenvalue weighted by Gasteiger charge is -2.12. The van der Waals surface area contributed by atoms with Crippen LogP contribution in [0.15, 0.2) is 36.7 Å². The topological polar surface area (TPSA) is 54.0 Å². The van der Waals surface area contributed by atoms with Crippen LogP contribution < -0.4 is 10.6 Å². The average Bonchev–Trinajstić information content (AvgIpc) is 2.46. The van der Waals surface area contributed by atoms with Gasteiger partial charge in [0.25, 0.3) is 5.91 Å². The minimum atomic E-state index is -0.0674. The SMILES string of the molecule is CCNc1cc(C)ccc1C(=O)NCc1ccncc1C. The highest BCUT2D eigenvalue weighted by atomic mass is 16.1. The molecule has 4 nitrogen and oxygen atoms in total. The van der Waals surface area contributed by atoms with Gasteiger partial charge in [-0.05, 0) is 55.7 Å². The molecule has 1 aromatic heterocycles. The molecule has 0 aliphatic heterocycles. The molecule has 0 radical (unpaired) electrons. The second-order valence-corrected chi connectivity index (χ2v) is 5.06. The van der Waals surface area contributed by atoms with Crippen LogP contribution in [0, 0.1) is 13.8 Å². The largest absolute Gasteiger partial charge is 0.385 e. The molecule has 4 heteroatoms. The zero-order chi connectivity index (χ0) is 15.2. The van der Waals surface area contributed by atoms with Crippen molar-refractivity contribution in [3.63, 3.8) is 0 Å². The normalized spacial score (nSPS) is 10.2. The van der Waals surface area contributed by atoms with Gasteiger partial charge in [0, 0.05) is 31.2 Å². The van der Waals surface area contributed by atoms with E-state index >= 15 is 0 Å². The molecule has 0 saturated carbocycles. The van der Waals surface area contributed by atoms with Gasteiger partial charge in [-0.15, -0.1) is 0 Å². The second-order valence-electron chi connectivity index (χ2n) is 5.06. The van der Waals surface area contributed by atoms with E-state index in [9.17, 15) is 4.79 Å². The molecule has 0 atom stereocenters. The van der Waals surface area contributed by atoms with Gasteiger partial charge in [0.15, 0.2) is 0 Å². The Hall–Kier alpha value is -2.36. The molecule has 0 fully saturated rings. The second kappa shape index (κ2) is 6.88. The number of rotatable bonds is 5. The van der Waals surface area contributed by atoms with Gasteiger partial charge < -0.3 is 10.6 Å². The van der Waals surface area contributed by atoms with Crippen LogP contribution in [-0.4, -0.2) is 17.4 Å². The Labute approximate surface area is 125 Å². The summed E-state index contributed by atoms with van der Waals surface area (Å²) in [4.78, 5) is 16.4. The number of hydrogen-bond donors (Lipinski definition) is 2. The molecule has 2 aromatic rings. The molecule has 0 aliphatic rings. The third-order valence-electron chi connectivity index (χ3n) is 3.36. The van der Waals surface area contributed by atoms with Gasteiger partial charge in [-0.25, -0.2) is 0 Å². The summed E-state index contributed by atoms with van der Waals surface area (Å²) in [5.41, 5.74) is 4.84. The summed E-state index contributed by atoms with van der Waals surface area (Å²) in [5.74, 6) is -0.0674. The summed E-state index contributed by atoms with van der Waals surface area (Å²) in [6.45, 7) is 7.32. The molecule has 2 N–H and O–H groups in total. The number of benzene rings is 1. The van der Waals surface area contributed by atoms with Crippen LogP contribution in [0.3, 0.4) is 0 Å². The van der Waals surface area contributed by atoms with Crippen molar-refractivity contribution >= 4 is 11.6 Å². The van der Waals surface area contributed by atoms with Crippen molar-refractivity contribution in [2.45, 2.75) is 27.3 Å². The molecule has 21 heavy (non-hydrogen) atoms. The monoisotopic (exact) mass is 283 g/mol. The lowest BCUT2D eigenvalue weighted by atomic mass is 10.1. The first-order valence-corrected chi connectivity index (χ1v) is 7.14. The fourth-order valence-electron chi connectivity index (χ4n) is 2.16. The number of hydrogen-bond acceptors (Lipinski definition) is 3. The predicted molar refractivity (Wildman–Crippen MR) is 85.5 cm³/mol. The van der Waals surface area contributed by atoms with Crippen molar-refractivity contribution in [2.24, 2.45) is 0 Å². The van der Waals surface area contributed by atoms with Gasteiger partial charge in [0.2, 0.25) is 0 Å². The van der Waals surface area contributed by atoms with E-state index in [0.717, 1.165) is 28.9 Å². The maximum atomic E-state index is 12.4. The first-order chi connectivity index (χ1) is 10.1. The van der Waals surface area contributed by atoms with Crippen LogP contribution in [0.1, 0.15) is 34.0 Å². The number of amides is 1. The van der Waals surface area contributed by atoms with E-state index in [0.29, 0.717) is 12.1 Å². The van der Waals surface area contributed by atoms with E-state index < -0.39 is 0 Å². The summed E-state index contributed by atoms with van der Waals surface area (Å²) in [6, 6.07) is 7.74. The molecule has 2 rings (SSSR count). The highest BCUT2D eigenvalue weighted by Crippen LogP contribution is 2.17. The Balaban J connectivity index is 2.12. The number of carbonyl (C=O) groups is 1. The van der Waals surface area contributed by atoms with E-state index in [1.165, 1.54) is 0 Å². The molecule has 0 bridgehead atoms. The van der Waals surface area contributed by atoms with Crippen LogP contribution in [0.2, 0.25) is 0 Å². The van der Waals surface area contributed by atoms with E-state index in [4.69, 9.17) is 0 Å². The van der Waals surface area contributed by atoms with Gasteiger partial charge in [-0.1, -0.05) is 6.07 Å². The number of aromatic nitrogens is 1. The Morgan fingerprint density at radius 2 is 2.05 bits per heavy atom. The molecule has 1 heterocycles. The Morgan fingerprint density at radius 1 is 1.24 bits per heavy atom. The molecule has 0 spiro atoms. The third-order valence-corrected chi connectivity index (χ3v) is 3.36. The standard InChI is InChI=1S/C17H21N3O/c1-4-19-16-9-12(2)5-6-15(16)17(21)20-11-14-7-8-18-10-13(14)3/h5-10,19H,4,11H2,1-3H3,(H,20,21). The maximum absolute atomic E-state index is 12.4. The highest BCUT2D eigenvalue weighted by molar-refractivity contribution is 5.99. The van der Waals surface area contributed by atoms with Crippen molar-refractivity contribution in [3.05, 3.63) is 58.9 Å². The number of nitrogens with zero attached hydrogens (tertiary/aromatic N) is 1. The fourth-order valence-corrected chi connectivity index (χ4v) is 2.16. The van der Waals surface area contributed by atoms with Crippen LogP contribution in [0.5, 0.6) is 0 Å². The van der Waals surface area contributed by atoms with E-state index in [2.05, 4.69) is 15.6 Å². The number of pyridine rings is 1. The number of aryl methyl sites for hydroxylation is 2. The zero-order valence-corrected chi connectivity index (χ0v) is 12.7. The smallest absolute Gasteiger partial charge is 0.253 e. The van der Waals surface area contributed by atoms with Gasteiger partial charge in [0.1, 0.15) is 0 Å². The number of carbonyl (C=O) groups excluding carboxylic acids is 1. The van der Waals surface area contributed by atoms with Crippen molar-refractivity contribution in [1.82, 2.24) is 10.3 Å². The van der Waals surface area contributed by atoms with E-state index in [1.54, 1.807) is 12.4 Å². The van der Waals surface area contributed by atoms with Crippen molar-refractivity contribution < 1.29 is 4.79 Å². The molecule has 0 saturated heterocycles. The van der Waals surface area contributed by atoms with Gasteiger partial charge >= 0.3 is 0 Å². The van der Waals surface area contributed by atoms with Crippen molar-refractivity contribution in [1.29, 1.82) is 0 Å². The summed E-state index contributed by atoms with van der Waals surface area (Å²) >= 11 is 0. The van der Waals surface area contributed by atoms with Crippen LogP contribution in [-0.2, 0) is 6.54 Å². The molecule has 110 valence electrons. The quantitative estimate of drug-likeness (QED) is 0.886. The van der Waals surface area contributed by atoms with Gasteiger partial charge in [-0.2, -0.15) is 0 Å². The molecule has 0 unspecified atom stereocenters. The summed E-state index contributed by atoms with van der Waals surface area (Å²) < 4.78 is 0. The summed E-state index contributed by atoms with van der Waals surface area (Å²) in [7, 11) is 0. The lowest BCUT2D eigenvalue weighted by molar-refractivity contribution is 0.0951. The highest BCUT2D eigenvalue weighted by Gasteiger charge is 2.11. The first-order valence-electron chi connectivity index (χ1n) is 7.14. The minimum absolute atomic E-state index is 0.0674. The van der Waals surface area contributed by atoms with E-state index in [1.807, 2.05) is 45.0 Å². The Bertz CT molecular complexity index is 638. The fraction of sp³-hybridized carbons (Fsp3) is 0.294. The van der Waals surface area contributed by atoms with Crippen LogP contribution >= 0.6 is 0 Å². The Kier molecular flexibility index (Phi) is 4.93. The van der Waals surface area contributed by atoms with Crippen LogP contribution in [0.25, 0.3) is 0 Å². The molecular formula is C17H21N3O. The van der Waals surface area contributed by atoms with Gasteiger partial charge in [0.05, 0.1) is 5.56 Å². The third kappa shape index (κ3) is 3.81. The molecule has 1 aromatic carbocycles. The molecule has 1 amide bonds. The zero-order valence-electron chi connectivity index (χ0n) is 12.7. The van der Waals surface area contributed by atoms with Crippen molar-refractivity contribution in [3.8, 4) is 0 Å². The molecule has 0 aliphatic carbocycles. The maximum Gasteiger partial charge on any atom is 0.253 e. The van der Waals surface area contributed by atoms with E-state index in [-0.39, 0.29) is 5.91 Å². The van der Waals surface area contributed by atoms with Gasteiger partial charge in [-0.3, -0.25) is 9.78 Å². The Morgan fingerprint density at radius 3 is 2.76 bits per heavy atom. The summed E-state index contributed by atoms with van der Waals surface area (Å²) in [5, 5.41) is 6.20. The van der Waals surface area contributed by atoms with Crippen molar-refractivity contribution in [2.75, 3.05) is 11.9 Å². The summed E-state index contributed by atoms with van der Waals surface area (Å²) in [6.07, 6.45) is 3.54. The number of nitrogens with one attached hydrogen (secondary N) is 2. The number of anilines is 1. The predicted octanol–water partition coefficient (Wildman–Crippen LogP) is 3.06. The minimum Gasteiger partial charge on any atom is -0.385 e. The molecular weight excluding hydrogens is 262 g/mol. The first kappa shape index (κ1) is 15.0.